The van der Waals surface area contributed by atoms with Crippen molar-refractivity contribution in [1.29, 1.82) is 0 Å². The third-order valence-corrected chi connectivity index (χ3v) is 5.40. The Balaban J connectivity index is 1.79. The summed E-state index contributed by atoms with van der Waals surface area (Å²) in [6, 6.07) is 0. The number of esters is 1. The van der Waals surface area contributed by atoms with Crippen molar-refractivity contribution in [3.05, 3.63) is 12.2 Å². The molecule has 2 atom stereocenters. The summed E-state index contributed by atoms with van der Waals surface area (Å²) in [5, 5.41) is 10.1. The van der Waals surface area contributed by atoms with Crippen molar-refractivity contribution in [2.75, 3.05) is 0 Å². The van der Waals surface area contributed by atoms with Crippen molar-refractivity contribution in [1.82, 2.24) is 0 Å². The third-order valence-electron chi connectivity index (χ3n) is 5.40. The fraction of sp³-hybridized carbons (Fsp3) is 0.870. The average molecular weight is 367 g/mol. The van der Waals surface area contributed by atoms with E-state index in [2.05, 4.69) is 6.92 Å². The number of hydrogen-bond donors (Lipinski definition) is 1. The van der Waals surface area contributed by atoms with Crippen molar-refractivity contribution in [2.45, 2.75) is 128 Å². The maximum atomic E-state index is 11.2. The quantitative estimate of drug-likeness (QED) is 0.237. The predicted molar refractivity (Wildman–Crippen MR) is 109 cm³/mol. The highest BCUT2D eigenvalue weighted by Crippen LogP contribution is 2.17. The van der Waals surface area contributed by atoms with E-state index in [1.807, 2.05) is 6.08 Å². The molecule has 152 valence electrons. The highest BCUT2D eigenvalue weighted by molar-refractivity contribution is 5.82. The molecule has 0 saturated heterocycles. The zero-order chi connectivity index (χ0) is 18.9. The number of carbonyl (C=O) groups excluding carboxylic acids is 1. The minimum atomic E-state index is -0.243. The van der Waals surface area contributed by atoms with Crippen LogP contribution in [0.5, 0.6) is 0 Å². The molecule has 0 aromatic rings. The van der Waals surface area contributed by atoms with Gasteiger partial charge in [-0.25, -0.2) is 4.79 Å². The molecule has 0 saturated carbocycles. The van der Waals surface area contributed by atoms with Crippen molar-refractivity contribution < 1.29 is 14.6 Å². The van der Waals surface area contributed by atoms with Gasteiger partial charge in [-0.05, 0) is 19.3 Å². The number of rotatable bonds is 17. The van der Waals surface area contributed by atoms with E-state index in [9.17, 15) is 9.90 Å². The first-order valence-corrected chi connectivity index (χ1v) is 11.3. The van der Waals surface area contributed by atoms with Crippen LogP contribution in [0, 0.1) is 0 Å². The van der Waals surface area contributed by atoms with Crippen LogP contribution in [0.1, 0.15) is 116 Å². The van der Waals surface area contributed by atoms with Crippen molar-refractivity contribution in [3.8, 4) is 0 Å². The summed E-state index contributed by atoms with van der Waals surface area (Å²) >= 11 is 0. The van der Waals surface area contributed by atoms with Crippen LogP contribution in [0.3, 0.4) is 0 Å². The fourth-order valence-corrected chi connectivity index (χ4v) is 3.66. The van der Waals surface area contributed by atoms with Crippen LogP contribution in [0.15, 0.2) is 12.2 Å². The van der Waals surface area contributed by atoms with Gasteiger partial charge in [-0.2, -0.15) is 0 Å². The number of unbranched alkanes of at least 4 members (excludes halogenated alkanes) is 12. The summed E-state index contributed by atoms with van der Waals surface area (Å²) < 4.78 is 5.22. The first kappa shape index (κ1) is 23.2. The number of aliphatic hydroxyl groups excluding tert-OH is 1. The highest BCUT2D eigenvalue weighted by atomic mass is 16.5. The van der Waals surface area contributed by atoms with Crippen LogP contribution in [-0.2, 0) is 9.53 Å². The molecule has 1 aliphatic rings. The van der Waals surface area contributed by atoms with E-state index in [-0.39, 0.29) is 18.2 Å². The lowest BCUT2D eigenvalue weighted by molar-refractivity contribution is -0.144. The summed E-state index contributed by atoms with van der Waals surface area (Å²) in [5.74, 6) is -0.243. The largest absolute Gasteiger partial charge is 0.459 e. The summed E-state index contributed by atoms with van der Waals surface area (Å²) in [5.41, 5.74) is 0. The zero-order valence-corrected chi connectivity index (χ0v) is 17.1. The minimum absolute atomic E-state index is 0.0335. The summed E-state index contributed by atoms with van der Waals surface area (Å²) in [4.78, 5) is 11.2. The Hall–Kier alpha value is -0.830. The number of carbonyl (C=O) groups is 1. The molecule has 0 radical (unpaired) electrons. The molecular weight excluding hydrogens is 324 g/mol. The van der Waals surface area contributed by atoms with Crippen LogP contribution < -0.4 is 0 Å². The van der Waals surface area contributed by atoms with E-state index in [4.69, 9.17) is 4.74 Å². The Bertz CT molecular complexity index is 364. The Morgan fingerprint density at radius 1 is 0.923 bits per heavy atom. The topological polar surface area (TPSA) is 46.5 Å². The van der Waals surface area contributed by atoms with Crippen LogP contribution >= 0.6 is 0 Å². The van der Waals surface area contributed by atoms with E-state index in [1.54, 1.807) is 0 Å². The van der Waals surface area contributed by atoms with Crippen LogP contribution in [0.25, 0.3) is 0 Å². The van der Waals surface area contributed by atoms with Crippen molar-refractivity contribution in [2.24, 2.45) is 0 Å². The van der Waals surface area contributed by atoms with Gasteiger partial charge in [0.05, 0.1) is 6.10 Å². The van der Waals surface area contributed by atoms with Gasteiger partial charge in [-0.3, -0.25) is 0 Å². The Morgan fingerprint density at radius 3 is 2.00 bits per heavy atom. The first-order chi connectivity index (χ1) is 12.7. The second-order valence-corrected chi connectivity index (χ2v) is 7.96. The molecule has 0 spiro atoms. The van der Waals surface area contributed by atoms with Crippen LogP contribution in [0.4, 0.5) is 0 Å². The molecule has 0 fully saturated rings. The molecule has 0 amide bonds. The van der Waals surface area contributed by atoms with Crippen LogP contribution in [-0.4, -0.2) is 23.3 Å². The number of aliphatic hydroxyl groups is 1. The minimum Gasteiger partial charge on any atom is -0.459 e. The second-order valence-electron chi connectivity index (χ2n) is 7.96. The molecule has 0 aromatic carbocycles. The van der Waals surface area contributed by atoms with Gasteiger partial charge in [-0.15, -0.1) is 0 Å². The lowest BCUT2D eigenvalue weighted by Crippen LogP contribution is -2.21. The fourth-order valence-electron chi connectivity index (χ4n) is 3.66. The van der Waals surface area contributed by atoms with Gasteiger partial charge in [0.15, 0.2) is 0 Å². The lowest BCUT2D eigenvalue weighted by atomic mass is 10.0. The smallest absolute Gasteiger partial charge is 0.330 e. The molecule has 3 heteroatoms. The first-order valence-electron chi connectivity index (χ1n) is 11.3. The molecule has 0 bridgehead atoms. The summed E-state index contributed by atoms with van der Waals surface area (Å²) in [6.07, 6.45) is 23.9. The Morgan fingerprint density at radius 2 is 1.46 bits per heavy atom. The molecule has 0 unspecified atom stereocenters. The van der Waals surface area contributed by atoms with E-state index < -0.39 is 0 Å². The standard InChI is InChI=1S/C23H42O3/c1-2-3-4-5-6-7-8-9-10-11-12-13-14-16-21(24)19-20-22-17-15-18-23(25)26-22/h15,18,21-22,24H,2-14,16-17,19-20H2,1H3/t21-,22+/m0/s1. The highest BCUT2D eigenvalue weighted by Gasteiger charge is 2.17. The third kappa shape index (κ3) is 13.4. The molecule has 0 aliphatic carbocycles. The number of cyclic esters (lactones) is 1. The molecule has 0 aromatic heterocycles. The van der Waals surface area contributed by atoms with Gasteiger partial charge in [0.25, 0.3) is 0 Å². The van der Waals surface area contributed by atoms with E-state index in [1.165, 1.54) is 83.1 Å². The van der Waals surface area contributed by atoms with Crippen molar-refractivity contribution in [3.63, 3.8) is 0 Å². The summed E-state index contributed by atoms with van der Waals surface area (Å²) in [7, 11) is 0. The SMILES string of the molecule is CCCCCCCCCCCCCCC[C@H](O)CC[C@H]1CC=CC(=O)O1. The maximum Gasteiger partial charge on any atom is 0.330 e. The van der Waals surface area contributed by atoms with E-state index in [0.717, 1.165) is 32.1 Å². The second kappa shape index (κ2) is 16.4. The molecule has 3 nitrogen and oxygen atoms in total. The monoisotopic (exact) mass is 366 g/mol. The van der Waals surface area contributed by atoms with Gasteiger partial charge in [0, 0.05) is 12.5 Å². The molecule has 1 N–H and O–H groups in total. The number of hydrogen-bond acceptors (Lipinski definition) is 3. The maximum absolute atomic E-state index is 11.2. The van der Waals surface area contributed by atoms with Crippen LogP contribution in [0.2, 0.25) is 0 Å². The number of ether oxygens (including phenoxy) is 1. The van der Waals surface area contributed by atoms with E-state index >= 15 is 0 Å². The van der Waals surface area contributed by atoms with Gasteiger partial charge in [0.1, 0.15) is 6.10 Å². The molecule has 1 rings (SSSR count). The Labute approximate surface area is 161 Å². The Kier molecular flexibility index (Phi) is 14.6. The van der Waals surface area contributed by atoms with Crippen molar-refractivity contribution >= 4 is 5.97 Å². The molecule has 1 heterocycles. The predicted octanol–water partition coefficient (Wildman–Crippen LogP) is 6.48. The lowest BCUT2D eigenvalue weighted by Gasteiger charge is -2.20. The average Bonchev–Trinajstić information content (AvgIpc) is 2.64. The normalized spacial score (nSPS) is 18.1. The van der Waals surface area contributed by atoms with Gasteiger partial charge in [-0.1, -0.05) is 96.5 Å². The zero-order valence-electron chi connectivity index (χ0n) is 17.1. The van der Waals surface area contributed by atoms with Gasteiger partial charge in [0.2, 0.25) is 0 Å². The van der Waals surface area contributed by atoms with Gasteiger partial charge < -0.3 is 9.84 Å². The van der Waals surface area contributed by atoms with Gasteiger partial charge >= 0.3 is 5.97 Å². The molecule has 1 aliphatic heterocycles. The summed E-state index contributed by atoms with van der Waals surface area (Å²) in [6.45, 7) is 2.27. The van der Waals surface area contributed by atoms with E-state index in [0.29, 0.717) is 0 Å². The molecule has 26 heavy (non-hydrogen) atoms. The molecular formula is C23H42O3.